The fourth-order valence-electron chi connectivity index (χ4n) is 4.72. The molecule has 1 aliphatic carbocycles. The van der Waals surface area contributed by atoms with Crippen LogP contribution in [0.2, 0.25) is 0 Å². The standard InChI is InChI=1S/C29H31NO5/c1-4-34-28(33)29(18-35-19(2)3)25(30-27(32)20-12-6-5-7-13-20)23-16-10-8-14-21(23)22-15-9-11-17-24(22)26(29)31/h5-17,19,25-26,31H,4,18H2,1-3H3,(H,30,32)/t25-,26-,29+/m1/s1. The molecule has 4 rings (SSSR count). The van der Waals surface area contributed by atoms with Gasteiger partial charge in [0.05, 0.1) is 25.4 Å². The number of nitrogens with one attached hydrogen (secondary N) is 1. The highest BCUT2D eigenvalue weighted by Gasteiger charge is 2.57. The second kappa shape index (κ2) is 10.4. The summed E-state index contributed by atoms with van der Waals surface area (Å²) in [6, 6.07) is 22.9. The minimum absolute atomic E-state index is 0.123. The van der Waals surface area contributed by atoms with Crippen LogP contribution in [0.3, 0.4) is 0 Å². The fourth-order valence-corrected chi connectivity index (χ4v) is 4.72. The number of esters is 1. The zero-order valence-electron chi connectivity index (χ0n) is 20.2. The summed E-state index contributed by atoms with van der Waals surface area (Å²) < 4.78 is 11.6. The molecular weight excluding hydrogens is 442 g/mol. The Labute approximate surface area is 205 Å². The smallest absolute Gasteiger partial charge is 0.319 e. The van der Waals surface area contributed by atoms with Gasteiger partial charge in [0.15, 0.2) is 0 Å². The van der Waals surface area contributed by atoms with Gasteiger partial charge in [0.25, 0.3) is 5.91 Å². The lowest BCUT2D eigenvalue weighted by atomic mass is 9.72. The van der Waals surface area contributed by atoms with E-state index < -0.39 is 23.5 Å². The molecule has 2 N–H and O–H groups in total. The van der Waals surface area contributed by atoms with Crippen molar-refractivity contribution < 1.29 is 24.2 Å². The molecular formula is C29H31NO5. The van der Waals surface area contributed by atoms with Crippen molar-refractivity contribution >= 4 is 11.9 Å². The van der Waals surface area contributed by atoms with Gasteiger partial charge in [0, 0.05) is 5.56 Å². The zero-order valence-corrected chi connectivity index (χ0v) is 20.2. The Hall–Kier alpha value is -3.48. The van der Waals surface area contributed by atoms with E-state index in [0.29, 0.717) is 16.7 Å². The first-order chi connectivity index (χ1) is 16.9. The summed E-state index contributed by atoms with van der Waals surface area (Å²) in [6.07, 6.45) is -1.52. The second-order valence-electron chi connectivity index (χ2n) is 8.97. The maximum absolute atomic E-state index is 13.8. The summed E-state index contributed by atoms with van der Waals surface area (Å²) in [7, 11) is 0. The number of hydrogen-bond donors (Lipinski definition) is 2. The van der Waals surface area contributed by atoms with Crippen LogP contribution in [-0.4, -0.2) is 36.3 Å². The molecule has 182 valence electrons. The van der Waals surface area contributed by atoms with E-state index in [-0.39, 0.29) is 25.2 Å². The maximum atomic E-state index is 13.8. The summed E-state index contributed by atoms with van der Waals surface area (Å²) in [5.74, 6) is -0.986. The number of ether oxygens (including phenoxy) is 2. The van der Waals surface area contributed by atoms with E-state index in [1.54, 1.807) is 31.2 Å². The predicted octanol–water partition coefficient (Wildman–Crippen LogP) is 4.85. The Bertz CT molecular complexity index is 1190. The first kappa shape index (κ1) is 24.6. The Morgan fingerprint density at radius 3 is 2.11 bits per heavy atom. The van der Waals surface area contributed by atoms with Gasteiger partial charge in [-0.25, -0.2) is 0 Å². The van der Waals surface area contributed by atoms with Crippen molar-refractivity contribution in [2.75, 3.05) is 13.2 Å². The quantitative estimate of drug-likeness (QED) is 0.480. The summed E-state index contributed by atoms with van der Waals surface area (Å²) in [6.45, 7) is 5.42. The third-order valence-electron chi connectivity index (χ3n) is 6.44. The van der Waals surface area contributed by atoms with Crippen molar-refractivity contribution in [1.82, 2.24) is 5.32 Å². The van der Waals surface area contributed by atoms with Crippen molar-refractivity contribution in [3.8, 4) is 11.1 Å². The van der Waals surface area contributed by atoms with Gasteiger partial charge >= 0.3 is 5.97 Å². The van der Waals surface area contributed by atoms with E-state index in [0.717, 1.165) is 11.1 Å². The lowest BCUT2D eigenvalue weighted by molar-refractivity contribution is -0.176. The molecule has 6 heteroatoms. The molecule has 3 atom stereocenters. The number of benzene rings is 3. The van der Waals surface area contributed by atoms with Gasteiger partial charge in [-0.15, -0.1) is 0 Å². The first-order valence-corrected chi connectivity index (χ1v) is 11.9. The van der Waals surface area contributed by atoms with Crippen LogP contribution < -0.4 is 5.32 Å². The number of carbonyl (C=O) groups is 2. The average molecular weight is 474 g/mol. The van der Waals surface area contributed by atoms with Crippen LogP contribution in [0.1, 0.15) is 54.4 Å². The topological polar surface area (TPSA) is 84.9 Å². The molecule has 0 fully saturated rings. The Morgan fingerprint density at radius 1 is 0.914 bits per heavy atom. The highest BCUT2D eigenvalue weighted by Crippen LogP contribution is 2.53. The van der Waals surface area contributed by atoms with Gasteiger partial charge in [-0.3, -0.25) is 9.59 Å². The Balaban J connectivity index is 1.98. The lowest BCUT2D eigenvalue weighted by Gasteiger charge is -2.41. The molecule has 0 saturated heterocycles. The van der Waals surface area contributed by atoms with Gasteiger partial charge < -0.3 is 19.9 Å². The average Bonchev–Trinajstić information content (AvgIpc) is 2.96. The minimum atomic E-state index is -1.63. The van der Waals surface area contributed by atoms with Crippen LogP contribution >= 0.6 is 0 Å². The molecule has 0 heterocycles. The number of hydrogen-bond acceptors (Lipinski definition) is 5. The molecule has 0 saturated carbocycles. The van der Waals surface area contributed by atoms with E-state index in [9.17, 15) is 14.7 Å². The van der Waals surface area contributed by atoms with Crippen LogP contribution in [-0.2, 0) is 14.3 Å². The van der Waals surface area contributed by atoms with Crippen LogP contribution in [0.25, 0.3) is 11.1 Å². The van der Waals surface area contributed by atoms with E-state index in [4.69, 9.17) is 9.47 Å². The van der Waals surface area contributed by atoms with Crippen molar-refractivity contribution in [3.63, 3.8) is 0 Å². The molecule has 0 radical (unpaired) electrons. The molecule has 1 amide bonds. The molecule has 3 aromatic rings. The summed E-state index contributed by atoms with van der Waals surface area (Å²) in [5.41, 5.74) is 1.73. The number of aliphatic hydroxyl groups excluding tert-OH is 1. The van der Waals surface area contributed by atoms with Gasteiger partial charge in [-0.1, -0.05) is 66.7 Å². The lowest BCUT2D eigenvalue weighted by Crippen LogP contribution is -2.53. The van der Waals surface area contributed by atoms with E-state index >= 15 is 0 Å². The molecule has 1 aliphatic rings. The SMILES string of the molecule is CCOC(=O)[C@]1(COC(C)C)[C@H](O)c2ccccc2-c2ccccc2[C@H]1NC(=O)c1ccccc1. The molecule has 0 spiro atoms. The zero-order chi connectivity index (χ0) is 25.0. The monoisotopic (exact) mass is 473 g/mol. The number of carbonyl (C=O) groups excluding carboxylic acids is 2. The van der Waals surface area contributed by atoms with Gasteiger partial charge in [-0.05, 0) is 55.2 Å². The van der Waals surface area contributed by atoms with Gasteiger partial charge in [0.2, 0.25) is 0 Å². The normalized spacial score (nSPS) is 20.9. The fraction of sp³-hybridized carbons (Fsp3) is 0.310. The van der Waals surface area contributed by atoms with Crippen molar-refractivity contribution in [3.05, 3.63) is 95.6 Å². The van der Waals surface area contributed by atoms with Crippen LogP contribution in [0.5, 0.6) is 0 Å². The van der Waals surface area contributed by atoms with E-state index in [1.807, 2.05) is 68.4 Å². The molecule has 0 unspecified atom stereocenters. The number of amides is 1. The highest BCUT2D eigenvalue weighted by molar-refractivity contribution is 5.95. The number of aliphatic hydroxyl groups is 1. The number of rotatable bonds is 7. The second-order valence-corrected chi connectivity index (χ2v) is 8.97. The summed E-state index contributed by atoms with van der Waals surface area (Å²) in [5, 5.41) is 15.0. The predicted molar refractivity (Wildman–Crippen MR) is 134 cm³/mol. The van der Waals surface area contributed by atoms with Crippen LogP contribution in [0.4, 0.5) is 0 Å². The highest BCUT2D eigenvalue weighted by atomic mass is 16.5. The molecule has 0 bridgehead atoms. The van der Waals surface area contributed by atoms with Crippen LogP contribution in [0.15, 0.2) is 78.9 Å². The summed E-state index contributed by atoms with van der Waals surface area (Å²) >= 11 is 0. The third-order valence-corrected chi connectivity index (χ3v) is 6.44. The largest absolute Gasteiger partial charge is 0.465 e. The Kier molecular flexibility index (Phi) is 7.34. The van der Waals surface area contributed by atoms with Gasteiger partial charge in [-0.2, -0.15) is 0 Å². The van der Waals surface area contributed by atoms with E-state index in [1.165, 1.54) is 0 Å². The van der Waals surface area contributed by atoms with Crippen LogP contribution in [0, 0.1) is 5.41 Å². The molecule has 35 heavy (non-hydrogen) atoms. The summed E-state index contributed by atoms with van der Waals surface area (Å²) in [4.78, 5) is 27.3. The van der Waals surface area contributed by atoms with Gasteiger partial charge in [0.1, 0.15) is 11.5 Å². The van der Waals surface area contributed by atoms with Crippen molar-refractivity contribution in [1.29, 1.82) is 0 Å². The molecule has 0 aromatic heterocycles. The maximum Gasteiger partial charge on any atom is 0.319 e. The molecule has 0 aliphatic heterocycles. The number of fused-ring (bicyclic) bond motifs is 3. The Morgan fingerprint density at radius 2 is 1.49 bits per heavy atom. The minimum Gasteiger partial charge on any atom is -0.465 e. The third kappa shape index (κ3) is 4.59. The van der Waals surface area contributed by atoms with Crippen molar-refractivity contribution in [2.45, 2.75) is 39.0 Å². The molecule has 6 nitrogen and oxygen atoms in total. The van der Waals surface area contributed by atoms with E-state index in [2.05, 4.69) is 5.32 Å². The first-order valence-electron chi connectivity index (χ1n) is 11.9. The van der Waals surface area contributed by atoms with Crippen molar-refractivity contribution in [2.24, 2.45) is 5.41 Å². The molecule has 3 aromatic carbocycles.